The fraction of sp³-hybridized carbons (Fsp3) is 0.100. The molecule has 2 aromatic rings. The standard InChI is InChI=1S/C10H8Cl2N4O/c1-17-9-3-2-6(5-13-9)14-8-4-7(11)15-10(12)16-8/h2-5H,1H3,(H,14,15,16). The summed E-state index contributed by atoms with van der Waals surface area (Å²) < 4.78 is 4.95. The van der Waals surface area contributed by atoms with Gasteiger partial charge in [0.2, 0.25) is 11.2 Å². The molecular weight excluding hydrogens is 263 g/mol. The van der Waals surface area contributed by atoms with E-state index in [1.165, 1.54) is 0 Å². The second-order valence-electron chi connectivity index (χ2n) is 3.06. The predicted molar refractivity (Wildman–Crippen MR) is 66.1 cm³/mol. The van der Waals surface area contributed by atoms with Gasteiger partial charge >= 0.3 is 0 Å². The molecule has 1 N–H and O–H groups in total. The van der Waals surface area contributed by atoms with Crippen LogP contribution in [0.2, 0.25) is 10.4 Å². The summed E-state index contributed by atoms with van der Waals surface area (Å²) in [5.74, 6) is 1.04. The maximum absolute atomic E-state index is 5.75. The van der Waals surface area contributed by atoms with Gasteiger partial charge in [0.05, 0.1) is 19.0 Å². The third kappa shape index (κ3) is 3.18. The Morgan fingerprint density at radius 1 is 1.24 bits per heavy atom. The molecule has 0 radical (unpaired) electrons. The van der Waals surface area contributed by atoms with Gasteiger partial charge in [0, 0.05) is 12.1 Å². The molecule has 5 nitrogen and oxygen atoms in total. The Balaban J connectivity index is 2.19. The lowest BCUT2D eigenvalue weighted by Crippen LogP contribution is -1.96. The highest BCUT2D eigenvalue weighted by Crippen LogP contribution is 2.19. The van der Waals surface area contributed by atoms with Crippen molar-refractivity contribution in [3.05, 3.63) is 34.8 Å². The molecule has 0 saturated carbocycles. The second-order valence-corrected chi connectivity index (χ2v) is 3.78. The normalized spacial score (nSPS) is 10.1. The minimum atomic E-state index is 0.0847. The van der Waals surface area contributed by atoms with Crippen molar-refractivity contribution in [3.8, 4) is 5.88 Å². The zero-order chi connectivity index (χ0) is 12.3. The molecule has 0 bridgehead atoms. The predicted octanol–water partition coefficient (Wildman–Crippen LogP) is 2.93. The first-order valence-electron chi connectivity index (χ1n) is 4.64. The number of methoxy groups -OCH3 is 1. The van der Waals surface area contributed by atoms with Gasteiger partial charge in [-0.15, -0.1) is 0 Å². The van der Waals surface area contributed by atoms with Gasteiger partial charge in [-0.05, 0) is 17.7 Å². The molecule has 0 unspecified atom stereocenters. The van der Waals surface area contributed by atoms with E-state index in [2.05, 4.69) is 20.3 Å². The minimum absolute atomic E-state index is 0.0847. The van der Waals surface area contributed by atoms with Crippen LogP contribution in [-0.4, -0.2) is 22.1 Å². The van der Waals surface area contributed by atoms with Gasteiger partial charge in [-0.25, -0.2) is 15.0 Å². The third-order valence-corrected chi connectivity index (χ3v) is 2.25. The van der Waals surface area contributed by atoms with Gasteiger partial charge in [0.1, 0.15) is 11.0 Å². The highest BCUT2D eigenvalue weighted by Gasteiger charge is 2.02. The zero-order valence-corrected chi connectivity index (χ0v) is 10.3. The monoisotopic (exact) mass is 270 g/mol. The molecule has 0 fully saturated rings. The fourth-order valence-electron chi connectivity index (χ4n) is 1.18. The van der Waals surface area contributed by atoms with Gasteiger partial charge in [-0.1, -0.05) is 11.6 Å². The summed E-state index contributed by atoms with van der Waals surface area (Å²) in [6.07, 6.45) is 1.61. The van der Waals surface area contributed by atoms with E-state index in [1.807, 2.05) is 0 Å². The first-order valence-corrected chi connectivity index (χ1v) is 5.40. The van der Waals surface area contributed by atoms with Crippen LogP contribution in [0, 0.1) is 0 Å². The van der Waals surface area contributed by atoms with E-state index in [4.69, 9.17) is 27.9 Å². The Bertz CT molecular complexity index is 498. The number of hydrogen-bond acceptors (Lipinski definition) is 5. The first-order chi connectivity index (χ1) is 8.17. The van der Waals surface area contributed by atoms with Crippen LogP contribution in [-0.2, 0) is 0 Å². The van der Waals surface area contributed by atoms with Crippen molar-refractivity contribution in [1.29, 1.82) is 0 Å². The quantitative estimate of drug-likeness (QED) is 0.687. The topological polar surface area (TPSA) is 59.9 Å². The van der Waals surface area contributed by atoms with E-state index < -0.39 is 0 Å². The van der Waals surface area contributed by atoms with Gasteiger partial charge in [0.15, 0.2) is 0 Å². The van der Waals surface area contributed by atoms with Crippen LogP contribution < -0.4 is 10.1 Å². The van der Waals surface area contributed by atoms with Crippen molar-refractivity contribution in [2.24, 2.45) is 0 Å². The van der Waals surface area contributed by atoms with Gasteiger partial charge in [-0.3, -0.25) is 0 Å². The van der Waals surface area contributed by atoms with Crippen LogP contribution in [0.25, 0.3) is 0 Å². The lowest BCUT2D eigenvalue weighted by molar-refractivity contribution is 0.398. The van der Waals surface area contributed by atoms with Crippen molar-refractivity contribution in [2.75, 3.05) is 12.4 Å². The van der Waals surface area contributed by atoms with E-state index in [0.29, 0.717) is 11.7 Å². The van der Waals surface area contributed by atoms with E-state index in [9.17, 15) is 0 Å². The van der Waals surface area contributed by atoms with Crippen molar-refractivity contribution in [3.63, 3.8) is 0 Å². The lowest BCUT2D eigenvalue weighted by Gasteiger charge is -2.06. The number of ether oxygens (including phenoxy) is 1. The number of halogens is 2. The van der Waals surface area contributed by atoms with Crippen LogP contribution in [0.4, 0.5) is 11.5 Å². The molecule has 0 atom stereocenters. The van der Waals surface area contributed by atoms with E-state index in [-0.39, 0.29) is 10.4 Å². The van der Waals surface area contributed by atoms with Crippen LogP contribution in [0.15, 0.2) is 24.4 Å². The molecule has 0 spiro atoms. The Morgan fingerprint density at radius 2 is 2.06 bits per heavy atom. The van der Waals surface area contributed by atoms with E-state index in [1.54, 1.807) is 31.5 Å². The van der Waals surface area contributed by atoms with E-state index >= 15 is 0 Å². The molecule has 2 rings (SSSR count). The summed E-state index contributed by atoms with van der Waals surface area (Å²) in [5.41, 5.74) is 0.747. The Labute approximate surface area is 108 Å². The van der Waals surface area contributed by atoms with Crippen molar-refractivity contribution in [1.82, 2.24) is 15.0 Å². The molecule has 0 aliphatic heterocycles. The van der Waals surface area contributed by atoms with Crippen LogP contribution in [0.3, 0.4) is 0 Å². The summed E-state index contributed by atoms with van der Waals surface area (Å²) in [5, 5.41) is 3.36. The van der Waals surface area contributed by atoms with Crippen molar-refractivity contribution < 1.29 is 4.74 Å². The molecule has 17 heavy (non-hydrogen) atoms. The highest BCUT2D eigenvalue weighted by atomic mass is 35.5. The Morgan fingerprint density at radius 3 is 2.65 bits per heavy atom. The zero-order valence-electron chi connectivity index (χ0n) is 8.82. The van der Waals surface area contributed by atoms with Crippen molar-refractivity contribution in [2.45, 2.75) is 0 Å². The number of hydrogen-bond donors (Lipinski definition) is 1. The molecular formula is C10H8Cl2N4O. The molecule has 7 heteroatoms. The number of aromatic nitrogens is 3. The third-order valence-electron chi connectivity index (χ3n) is 1.89. The van der Waals surface area contributed by atoms with E-state index in [0.717, 1.165) is 5.69 Å². The molecule has 0 aromatic carbocycles. The van der Waals surface area contributed by atoms with Gasteiger partial charge in [-0.2, -0.15) is 0 Å². The van der Waals surface area contributed by atoms with Gasteiger partial charge < -0.3 is 10.1 Å². The second kappa shape index (κ2) is 5.16. The van der Waals surface area contributed by atoms with Crippen LogP contribution >= 0.6 is 23.2 Å². The van der Waals surface area contributed by atoms with Crippen LogP contribution in [0.5, 0.6) is 5.88 Å². The Kier molecular flexibility index (Phi) is 3.61. The number of rotatable bonds is 3. The number of anilines is 2. The average molecular weight is 271 g/mol. The van der Waals surface area contributed by atoms with Gasteiger partial charge in [0.25, 0.3) is 0 Å². The first kappa shape index (κ1) is 11.9. The molecule has 88 valence electrons. The average Bonchev–Trinajstić information content (AvgIpc) is 2.28. The summed E-state index contributed by atoms with van der Waals surface area (Å²) in [6, 6.07) is 5.10. The number of nitrogens with one attached hydrogen (secondary N) is 1. The highest BCUT2D eigenvalue weighted by molar-refractivity contribution is 6.32. The maximum atomic E-state index is 5.75. The SMILES string of the molecule is COc1ccc(Nc2cc(Cl)nc(Cl)n2)cn1. The molecule has 0 aliphatic rings. The molecule has 2 aromatic heterocycles. The summed E-state index contributed by atoms with van der Waals surface area (Å²) in [6.45, 7) is 0. The largest absolute Gasteiger partial charge is 0.481 e. The maximum Gasteiger partial charge on any atom is 0.225 e. The van der Waals surface area contributed by atoms with Crippen molar-refractivity contribution >= 4 is 34.7 Å². The Hall–Kier alpha value is -1.59. The molecule has 0 aliphatic carbocycles. The minimum Gasteiger partial charge on any atom is -0.481 e. The summed E-state index contributed by atoms with van der Waals surface area (Å²) in [7, 11) is 1.55. The van der Waals surface area contributed by atoms with Crippen LogP contribution in [0.1, 0.15) is 0 Å². The lowest BCUT2D eigenvalue weighted by atomic mass is 10.4. The fourth-order valence-corrected chi connectivity index (χ4v) is 1.59. The molecule has 0 saturated heterocycles. The number of nitrogens with zero attached hydrogens (tertiary/aromatic N) is 3. The summed E-state index contributed by atoms with van der Waals surface area (Å²) in [4.78, 5) is 11.8. The summed E-state index contributed by atoms with van der Waals surface area (Å²) >= 11 is 11.4. The molecule has 0 amide bonds. The smallest absolute Gasteiger partial charge is 0.225 e. The number of pyridine rings is 1. The molecule has 2 heterocycles.